The summed E-state index contributed by atoms with van der Waals surface area (Å²) in [7, 11) is 0. The number of aryl methyl sites for hydroxylation is 1. The Morgan fingerprint density at radius 1 is 1.19 bits per heavy atom. The van der Waals surface area contributed by atoms with Crippen molar-refractivity contribution in [2.24, 2.45) is 0 Å². The fourth-order valence-electron chi connectivity index (χ4n) is 3.48. The highest BCUT2D eigenvalue weighted by Crippen LogP contribution is 2.39. The molecule has 0 aliphatic heterocycles. The van der Waals surface area contributed by atoms with Crippen LogP contribution >= 0.6 is 0 Å². The van der Waals surface area contributed by atoms with Crippen LogP contribution in [0, 0.1) is 5.95 Å². The molecule has 0 radical (unpaired) electrons. The van der Waals surface area contributed by atoms with Crippen molar-refractivity contribution in [2.45, 2.75) is 37.8 Å². The van der Waals surface area contributed by atoms with Gasteiger partial charge in [0.05, 0.1) is 18.4 Å². The van der Waals surface area contributed by atoms with Crippen molar-refractivity contribution in [3.05, 3.63) is 59.6 Å². The molecule has 3 aromatic rings. The number of fused-ring (bicyclic) bond motifs is 2. The van der Waals surface area contributed by atoms with Crippen molar-refractivity contribution in [1.29, 1.82) is 0 Å². The summed E-state index contributed by atoms with van der Waals surface area (Å²) in [6.07, 6.45) is 10.8. The molecule has 0 amide bonds. The molecule has 0 atom stereocenters. The largest absolute Gasteiger partial charge is 0.351 e. The van der Waals surface area contributed by atoms with E-state index in [1.165, 1.54) is 10.6 Å². The van der Waals surface area contributed by atoms with Crippen LogP contribution in [0.15, 0.2) is 36.8 Å². The molecule has 5 nitrogen and oxygen atoms in total. The summed E-state index contributed by atoms with van der Waals surface area (Å²) >= 11 is 0. The summed E-state index contributed by atoms with van der Waals surface area (Å²) in [5.41, 5.74) is 3.25. The van der Waals surface area contributed by atoms with Crippen LogP contribution in [0.25, 0.3) is 11.2 Å². The number of allylic oxidation sites excluding steroid dienone is 1. The number of rotatable bonds is 4. The van der Waals surface area contributed by atoms with Gasteiger partial charge < -0.3 is 5.32 Å². The van der Waals surface area contributed by atoms with Gasteiger partial charge in [-0.1, -0.05) is 6.08 Å². The molecule has 0 spiro atoms. The Labute approximate surface area is 155 Å². The minimum Gasteiger partial charge on any atom is -0.351 e. The number of hydrogen-bond acceptors (Lipinski definition) is 4. The van der Waals surface area contributed by atoms with Crippen molar-refractivity contribution in [1.82, 2.24) is 19.4 Å². The summed E-state index contributed by atoms with van der Waals surface area (Å²) in [4.78, 5) is 13.0. The Bertz CT molecular complexity index is 1050. The summed E-state index contributed by atoms with van der Waals surface area (Å²) in [6, 6.07) is 3.74. The second kappa shape index (κ2) is 6.11. The lowest BCUT2D eigenvalue weighted by atomic mass is 9.99. The van der Waals surface area contributed by atoms with Crippen molar-refractivity contribution >= 4 is 17.2 Å². The van der Waals surface area contributed by atoms with E-state index in [1.807, 2.05) is 6.07 Å². The van der Waals surface area contributed by atoms with Crippen LogP contribution < -0.4 is 5.32 Å². The lowest BCUT2D eigenvalue weighted by molar-refractivity contribution is 0.326. The van der Waals surface area contributed by atoms with Crippen LogP contribution in [0.1, 0.15) is 42.5 Å². The van der Waals surface area contributed by atoms with E-state index in [9.17, 15) is 8.78 Å². The molecule has 3 heterocycles. The third kappa shape index (κ3) is 3.07. The molecule has 0 aromatic carbocycles. The van der Waals surface area contributed by atoms with Crippen molar-refractivity contribution in [3.8, 4) is 0 Å². The highest BCUT2D eigenvalue weighted by atomic mass is 19.1. The van der Waals surface area contributed by atoms with Gasteiger partial charge >= 0.3 is 0 Å². The smallest absolute Gasteiger partial charge is 0.222 e. The molecule has 3 aromatic heterocycles. The van der Waals surface area contributed by atoms with Gasteiger partial charge in [0, 0.05) is 18.0 Å². The van der Waals surface area contributed by atoms with E-state index in [2.05, 4.69) is 26.3 Å². The van der Waals surface area contributed by atoms with Crippen LogP contribution in [0.2, 0.25) is 0 Å². The van der Waals surface area contributed by atoms with Gasteiger partial charge in [0.15, 0.2) is 0 Å². The van der Waals surface area contributed by atoms with E-state index < -0.39 is 11.6 Å². The van der Waals surface area contributed by atoms with Gasteiger partial charge in [-0.25, -0.2) is 19.3 Å². The first-order chi connectivity index (χ1) is 13.1. The summed E-state index contributed by atoms with van der Waals surface area (Å²) in [5.74, 6) is 0.0763. The Hall–Kier alpha value is -2.83. The molecule has 0 bridgehead atoms. The van der Waals surface area contributed by atoms with Crippen LogP contribution in [-0.2, 0) is 6.42 Å². The highest BCUT2D eigenvalue weighted by molar-refractivity contribution is 5.81. The zero-order valence-corrected chi connectivity index (χ0v) is 14.8. The fourth-order valence-corrected chi connectivity index (χ4v) is 3.48. The number of pyridine rings is 1. The number of nitrogens with one attached hydrogen (secondary N) is 1. The molecule has 1 saturated carbocycles. The zero-order chi connectivity index (χ0) is 18.4. The van der Waals surface area contributed by atoms with Gasteiger partial charge in [-0.05, 0) is 55.4 Å². The molecule has 2 aliphatic carbocycles. The fraction of sp³-hybridized carbons (Fsp3) is 0.350. The quantitative estimate of drug-likeness (QED) is 0.759. The van der Waals surface area contributed by atoms with Gasteiger partial charge in [0.2, 0.25) is 11.9 Å². The number of halogens is 2. The second-order valence-electron chi connectivity index (χ2n) is 7.30. The Kier molecular flexibility index (Phi) is 3.70. The van der Waals surface area contributed by atoms with Gasteiger partial charge in [-0.2, -0.15) is 4.39 Å². The minimum absolute atomic E-state index is 0.255. The molecule has 1 fully saturated rings. The van der Waals surface area contributed by atoms with E-state index in [1.54, 1.807) is 18.5 Å². The first-order valence-electron chi connectivity index (χ1n) is 9.24. The maximum atomic E-state index is 13.9. The number of alkyl halides is 1. The number of nitrogens with zero attached hydrogens (tertiary/aromatic N) is 4. The van der Waals surface area contributed by atoms with Crippen molar-refractivity contribution < 1.29 is 8.78 Å². The first kappa shape index (κ1) is 16.4. The first-order valence-corrected chi connectivity index (χ1v) is 9.24. The van der Waals surface area contributed by atoms with E-state index in [0.29, 0.717) is 24.4 Å². The SMILES string of the molecule is Fc1cnc2ccc(C3=CCCCc4nc(NCC5(F)CC5)ncc43)cn12. The Balaban J connectivity index is 1.50. The second-order valence-corrected chi connectivity index (χ2v) is 7.30. The monoisotopic (exact) mass is 367 g/mol. The Morgan fingerprint density at radius 2 is 2.07 bits per heavy atom. The van der Waals surface area contributed by atoms with E-state index in [-0.39, 0.29) is 6.54 Å². The van der Waals surface area contributed by atoms with Crippen LogP contribution in [0.5, 0.6) is 0 Å². The zero-order valence-electron chi connectivity index (χ0n) is 14.8. The predicted octanol–water partition coefficient (Wildman–Crippen LogP) is 3.95. The normalized spacial score (nSPS) is 17.9. The molecule has 2 aliphatic rings. The van der Waals surface area contributed by atoms with Gasteiger partial charge in [0.1, 0.15) is 11.3 Å². The van der Waals surface area contributed by atoms with E-state index in [0.717, 1.165) is 41.7 Å². The van der Waals surface area contributed by atoms with Gasteiger partial charge in [0.25, 0.3) is 0 Å². The molecule has 7 heteroatoms. The summed E-state index contributed by atoms with van der Waals surface area (Å²) in [5, 5.41) is 3.02. The minimum atomic E-state index is -1.09. The molecule has 138 valence electrons. The highest BCUT2D eigenvalue weighted by Gasteiger charge is 2.43. The number of hydrogen-bond donors (Lipinski definition) is 1. The van der Waals surface area contributed by atoms with Gasteiger partial charge in [-0.3, -0.25) is 4.40 Å². The average Bonchev–Trinajstić information content (AvgIpc) is 3.37. The lowest BCUT2D eigenvalue weighted by Gasteiger charge is -2.13. The number of imidazole rings is 1. The summed E-state index contributed by atoms with van der Waals surface area (Å²) < 4.78 is 29.2. The Morgan fingerprint density at radius 3 is 2.93 bits per heavy atom. The van der Waals surface area contributed by atoms with Crippen LogP contribution in [0.4, 0.5) is 14.7 Å². The van der Waals surface area contributed by atoms with Crippen molar-refractivity contribution in [3.63, 3.8) is 0 Å². The maximum Gasteiger partial charge on any atom is 0.222 e. The summed E-state index contributed by atoms with van der Waals surface area (Å²) in [6.45, 7) is 0.255. The molecule has 0 saturated heterocycles. The molecule has 0 unspecified atom stereocenters. The standard InChI is InChI=1S/C20H19F2N5/c21-17-10-23-18-6-5-13(11-27(17)18)14-3-1-2-4-16-15(14)9-24-19(26-16)25-12-20(22)7-8-20/h3,5-6,9-11H,1-2,4,7-8,12H2,(H,24,25,26). The van der Waals surface area contributed by atoms with Crippen molar-refractivity contribution in [2.75, 3.05) is 11.9 Å². The number of anilines is 1. The molecular formula is C20H19F2N5. The van der Waals surface area contributed by atoms with E-state index in [4.69, 9.17) is 0 Å². The third-order valence-electron chi connectivity index (χ3n) is 5.25. The molecule has 1 N–H and O–H groups in total. The number of aromatic nitrogens is 4. The molecular weight excluding hydrogens is 348 g/mol. The van der Waals surface area contributed by atoms with Crippen LogP contribution in [0.3, 0.4) is 0 Å². The van der Waals surface area contributed by atoms with Crippen LogP contribution in [-0.4, -0.2) is 31.6 Å². The third-order valence-corrected chi connectivity index (χ3v) is 5.25. The predicted molar refractivity (Wildman–Crippen MR) is 98.8 cm³/mol. The topological polar surface area (TPSA) is 55.1 Å². The average molecular weight is 367 g/mol. The molecule has 5 rings (SSSR count). The van der Waals surface area contributed by atoms with E-state index >= 15 is 0 Å². The lowest BCUT2D eigenvalue weighted by Crippen LogP contribution is -2.18. The molecule has 27 heavy (non-hydrogen) atoms. The van der Waals surface area contributed by atoms with Gasteiger partial charge in [-0.15, -0.1) is 0 Å². The maximum absolute atomic E-state index is 13.9.